The highest BCUT2D eigenvalue weighted by Crippen LogP contribution is 2.40. The number of pyridine rings is 1. The average Bonchev–Trinajstić information content (AvgIpc) is 2.89. The van der Waals surface area contributed by atoms with Gasteiger partial charge >= 0.3 is 0 Å². The minimum Gasteiger partial charge on any atom is -0.489 e. The molecular formula is C27H37N5O4. The molecule has 0 aromatic carbocycles. The first kappa shape index (κ1) is 26.2. The summed E-state index contributed by atoms with van der Waals surface area (Å²) in [5.74, 6) is 1.22. The predicted molar refractivity (Wildman–Crippen MR) is 140 cm³/mol. The van der Waals surface area contributed by atoms with Crippen LogP contribution in [0.2, 0.25) is 0 Å². The molecule has 1 saturated heterocycles. The second-order valence-corrected chi connectivity index (χ2v) is 9.37. The van der Waals surface area contributed by atoms with Crippen LogP contribution in [-0.4, -0.2) is 68.5 Å². The molecule has 9 heteroatoms. The van der Waals surface area contributed by atoms with E-state index in [1.165, 1.54) is 0 Å². The van der Waals surface area contributed by atoms with Crippen molar-refractivity contribution in [3.05, 3.63) is 41.4 Å². The molecular weight excluding hydrogens is 458 g/mol. The molecule has 36 heavy (non-hydrogen) atoms. The zero-order chi connectivity index (χ0) is 25.3. The molecule has 4 atom stereocenters. The monoisotopic (exact) mass is 495 g/mol. The van der Waals surface area contributed by atoms with Crippen molar-refractivity contribution in [2.75, 3.05) is 32.9 Å². The lowest BCUT2D eigenvalue weighted by atomic mass is 9.84. The van der Waals surface area contributed by atoms with Gasteiger partial charge in [0.1, 0.15) is 18.5 Å². The SMILES string of the molecule is C=N/C(COCCC)=N\C=C(/C)C1C=Cc2ncc3cc2C1OCCCNC(=O)[C@@H]1C[C@H](CCN1)O3. The van der Waals surface area contributed by atoms with Crippen LogP contribution in [0.15, 0.2) is 40.1 Å². The fourth-order valence-corrected chi connectivity index (χ4v) is 4.67. The fraction of sp³-hybridized carbons (Fsp3) is 0.556. The van der Waals surface area contributed by atoms with Gasteiger partial charge in [-0.1, -0.05) is 13.0 Å². The van der Waals surface area contributed by atoms with Crippen LogP contribution < -0.4 is 15.4 Å². The number of aliphatic imine (C=N–C) groups is 2. The Bertz CT molecular complexity index is 1020. The smallest absolute Gasteiger partial charge is 0.237 e. The number of aromatic nitrogens is 1. The molecule has 1 amide bonds. The van der Waals surface area contributed by atoms with Crippen LogP contribution in [-0.2, 0) is 14.3 Å². The Hall–Kier alpha value is -2.88. The van der Waals surface area contributed by atoms with Crippen molar-refractivity contribution >= 4 is 24.5 Å². The van der Waals surface area contributed by atoms with Crippen LogP contribution in [0.5, 0.6) is 5.75 Å². The third kappa shape index (κ3) is 6.66. The molecule has 2 aliphatic heterocycles. The highest BCUT2D eigenvalue weighted by atomic mass is 16.5. The standard InChI is InChI=1S/C27H37N5O4/c1-4-11-34-17-25(28-3)32-15-18(2)21-6-7-23-22-13-20(16-31-23)36-19-8-10-29-24(14-19)27(33)30-9-5-12-35-26(21)22/h6-7,13,15-16,19,21,24,26,29H,3-5,8-12,14,17H2,1-2H3,(H,30,33)/b18-15+,32-25-/t19-,21?,24-,26?/m0/s1. The Kier molecular flexibility index (Phi) is 9.38. The van der Waals surface area contributed by atoms with E-state index in [-0.39, 0.29) is 30.1 Å². The van der Waals surface area contributed by atoms with Crippen molar-refractivity contribution in [1.29, 1.82) is 0 Å². The first-order chi connectivity index (χ1) is 17.6. The van der Waals surface area contributed by atoms with E-state index in [9.17, 15) is 4.79 Å². The Morgan fingerprint density at radius 1 is 1.39 bits per heavy atom. The molecule has 1 aliphatic carbocycles. The molecule has 2 unspecified atom stereocenters. The van der Waals surface area contributed by atoms with E-state index in [1.807, 2.05) is 25.3 Å². The number of fused-ring (bicyclic) bond motifs is 3. The van der Waals surface area contributed by atoms with Crippen molar-refractivity contribution in [3.8, 4) is 5.75 Å². The molecule has 1 aromatic rings. The summed E-state index contributed by atoms with van der Waals surface area (Å²) >= 11 is 0. The van der Waals surface area contributed by atoms with Gasteiger partial charge in [0.2, 0.25) is 5.91 Å². The van der Waals surface area contributed by atoms with Crippen molar-refractivity contribution in [2.24, 2.45) is 15.9 Å². The van der Waals surface area contributed by atoms with Crippen molar-refractivity contribution < 1.29 is 19.0 Å². The van der Waals surface area contributed by atoms with E-state index in [1.54, 1.807) is 6.20 Å². The summed E-state index contributed by atoms with van der Waals surface area (Å²) in [7, 11) is 0. The molecule has 9 nitrogen and oxygen atoms in total. The summed E-state index contributed by atoms with van der Waals surface area (Å²) in [5, 5.41) is 6.33. The zero-order valence-corrected chi connectivity index (χ0v) is 21.2. The second-order valence-electron chi connectivity index (χ2n) is 9.37. The van der Waals surface area contributed by atoms with Crippen LogP contribution >= 0.6 is 0 Å². The molecule has 1 aromatic heterocycles. The van der Waals surface area contributed by atoms with E-state index in [0.717, 1.165) is 36.2 Å². The number of piperidine rings is 1. The van der Waals surface area contributed by atoms with Gasteiger partial charge in [-0.2, -0.15) is 0 Å². The van der Waals surface area contributed by atoms with Crippen LogP contribution in [0.25, 0.3) is 6.08 Å². The first-order valence-corrected chi connectivity index (χ1v) is 12.8. The zero-order valence-electron chi connectivity index (χ0n) is 21.2. The lowest BCUT2D eigenvalue weighted by molar-refractivity contribution is -0.124. The quantitative estimate of drug-likeness (QED) is 0.357. The van der Waals surface area contributed by atoms with Gasteiger partial charge in [0.05, 0.1) is 24.0 Å². The second kappa shape index (κ2) is 12.9. The molecule has 3 aliphatic rings. The number of ether oxygens (including phenoxy) is 3. The maximum absolute atomic E-state index is 12.6. The van der Waals surface area contributed by atoms with Crippen molar-refractivity contribution in [2.45, 2.75) is 57.8 Å². The Morgan fingerprint density at radius 3 is 3.11 bits per heavy atom. The number of carbonyl (C=O) groups is 1. The minimum atomic E-state index is -0.247. The maximum Gasteiger partial charge on any atom is 0.237 e. The van der Waals surface area contributed by atoms with E-state index in [0.29, 0.717) is 50.8 Å². The number of hydrogen-bond acceptors (Lipinski definition) is 7. The van der Waals surface area contributed by atoms with E-state index < -0.39 is 0 Å². The molecule has 2 N–H and O–H groups in total. The summed E-state index contributed by atoms with van der Waals surface area (Å²) in [5.41, 5.74) is 2.90. The Labute approximate surface area is 213 Å². The highest BCUT2D eigenvalue weighted by molar-refractivity contribution is 5.87. The van der Waals surface area contributed by atoms with Gasteiger partial charge in [-0.25, -0.2) is 9.98 Å². The van der Waals surface area contributed by atoms with Crippen molar-refractivity contribution in [1.82, 2.24) is 15.6 Å². The molecule has 3 heterocycles. The number of amidine groups is 1. The number of nitrogens with one attached hydrogen (secondary N) is 2. The summed E-state index contributed by atoms with van der Waals surface area (Å²) in [6, 6.07) is 1.80. The lowest BCUT2D eigenvalue weighted by Crippen LogP contribution is -2.51. The van der Waals surface area contributed by atoms with E-state index in [4.69, 9.17) is 14.2 Å². The number of carbonyl (C=O) groups excluding carboxylic acids is 1. The Morgan fingerprint density at radius 2 is 2.28 bits per heavy atom. The highest BCUT2D eigenvalue weighted by Gasteiger charge is 2.32. The average molecular weight is 496 g/mol. The van der Waals surface area contributed by atoms with E-state index in [2.05, 4.69) is 45.3 Å². The maximum atomic E-state index is 12.6. The number of hydrogen-bond donors (Lipinski definition) is 2. The fourth-order valence-electron chi connectivity index (χ4n) is 4.67. The Balaban J connectivity index is 1.59. The summed E-state index contributed by atoms with van der Waals surface area (Å²) < 4.78 is 18.3. The van der Waals surface area contributed by atoms with Crippen LogP contribution in [0, 0.1) is 5.92 Å². The van der Waals surface area contributed by atoms with Crippen LogP contribution in [0.4, 0.5) is 0 Å². The molecule has 0 radical (unpaired) electrons. The lowest BCUT2D eigenvalue weighted by Gasteiger charge is -2.32. The summed E-state index contributed by atoms with van der Waals surface area (Å²) in [6.07, 6.45) is 10.5. The van der Waals surface area contributed by atoms with Gasteiger partial charge in [-0.05, 0) is 57.2 Å². The molecule has 0 saturated carbocycles. The van der Waals surface area contributed by atoms with Crippen molar-refractivity contribution in [3.63, 3.8) is 0 Å². The third-order valence-corrected chi connectivity index (χ3v) is 6.62. The molecule has 0 spiro atoms. The predicted octanol–water partition coefficient (Wildman–Crippen LogP) is 3.23. The third-order valence-electron chi connectivity index (χ3n) is 6.62. The van der Waals surface area contributed by atoms with Gasteiger partial charge in [0.25, 0.3) is 0 Å². The van der Waals surface area contributed by atoms with Gasteiger partial charge < -0.3 is 24.8 Å². The van der Waals surface area contributed by atoms with E-state index >= 15 is 0 Å². The van der Waals surface area contributed by atoms with Crippen LogP contribution in [0.3, 0.4) is 0 Å². The number of rotatable bonds is 6. The number of amides is 1. The largest absolute Gasteiger partial charge is 0.489 e. The summed E-state index contributed by atoms with van der Waals surface area (Å²) in [6.45, 7) is 10.5. The van der Waals surface area contributed by atoms with Gasteiger partial charge in [0, 0.05) is 43.9 Å². The van der Waals surface area contributed by atoms with Crippen LogP contribution in [0.1, 0.15) is 56.9 Å². The molecule has 4 bridgehead atoms. The van der Waals surface area contributed by atoms with Gasteiger partial charge in [-0.15, -0.1) is 0 Å². The number of nitrogens with zero attached hydrogens (tertiary/aromatic N) is 3. The minimum absolute atomic E-state index is 0.0131. The molecule has 1 fully saturated rings. The van der Waals surface area contributed by atoms with Gasteiger partial charge in [-0.3, -0.25) is 9.78 Å². The summed E-state index contributed by atoms with van der Waals surface area (Å²) in [4.78, 5) is 25.8. The first-order valence-electron chi connectivity index (χ1n) is 12.8. The van der Waals surface area contributed by atoms with Gasteiger partial charge in [0.15, 0.2) is 5.84 Å². The normalized spacial score (nSPS) is 27.0. The topological polar surface area (TPSA) is 106 Å². The molecule has 4 rings (SSSR count). The molecule has 194 valence electrons.